The zero-order valence-corrected chi connectivity index (χ0v) is 15.0. The minimum absolute atomic E-state index is 0.0429. The van der Waals surface area contributed by atoms with E-state index in [-0.39, 0.29) is 11.1 Å². The highest BCUT2D eigenvalue weighted by atomic mass is 19.4. The van der Waals surface area contributed by atoms with E-state index in [4.69, 9.17) is 0 Å². The molecule has 1 N–H and O–H groups in total. The number of carbonyl (C=O) groups excluding carboxylic acids is 1. The number of nitrogens with one attached hydrogen (secondary N) is 1. The highest BCUT2D eigenvalue weighted by Crippen LogP contribution is 2.30. The van der Waals surface area contributed by atoms with E-state index in [0.717, 1.165) is 38.2 Å². The minimum atomic E-state index is -4.49. The summed E-state index contributed by atoms with van der Waals surface area (Å²) in [5.74, 6) is -0.140. The molecule has 1 atom stereocenters. The van der Waals surface area contributed by atoms with E-state index in [1.165, 1.54) is 30.9 Å². The summed E-state index contributed by atoms with van der Waals surface area (Å²) < 4.78 is 38.4. The van der Waals surface area contributed by atoms with Gasteiger partial charge in [0, 0.05) is 30.5 Å². The average molecular weight is 378 g/mol. The van der Waals surface area contributed by atoms with Crippen molar-refractivity contribution in [3.63, 3.8) is 0 Å². The van der Waals surface area contributed by atoms with E-state index < -0.39 is 17.5 Å². The predicted molar refractivity (Wildman–Crippen MR) is 95.7 cm³/mol. The van der Waals surface area contributed by atoms with Crippen LogP contribution < -0.4 is 5.32 Å². The summed E-state index contributed by atoms with van der Waals surface area (Å²) in [5, 5.41) is 3.16. The first-order valence-corrected chi connectivity index (χ1v) is 8.90. The highest BCUT2D eigenvalue weighted by Gasteiger charge is 2.31. The zero-order valence-electron chi connectivity index (χ0n) is 15.0. The van der Waals surface area contributed by atoms with Gasteiger partial charge in [-0.1, -0.05) is 19.1 Å². The summed E-state index contributed by atoms with van der Waals surface area (Å²) in [6.45, 7) is 4.93. The predicted octanol–water partition coefficient (Wildman–Crippen LogP) is 3.62. The first-order chi connectivity index (χ1) is 12.9. The number of nitrogens with zero attached hydrogens (tertiary/aromatic N) is 3. The van der Waals surface area contributed by atoms with Gasteiger partial charge >= 0.3 is 6.18 Å². The monoisotopic (exact) mass is 378 g/mol. The smallest absolute Gasteiger partial charge is 0.353 e. The molecule has 27 heavy (non-hydrogen) atoms. The quantitative estimate of drug-likeness (QED) is 0.778. The molecular formula is C19H21F3N4O. The molecule has 0 bridgehead atoms. The van der Waals surface area contributed by atoms with Crippen molar-refractivity contribution in [3.05, 3.63) is 53.3 Å². The standard InChI is InChI=1S/C19H21F3N4O/c1-2-26-8-4-7-16(26)12-25-18-23-10-14(11-24-18)17(27)13-5-3-6-15(9-13)19(20,21)22/h3,5-6,9-11,16H,2,4,7-8,12H2,1H3,(H,23,24,25). The molecule has 0 radical (unpaired) electrons. The first-order valence-electron chi connectivity index (χ1n) is 8.90. The van der Waals surface area contributed by atoms with Crippen molar-refractivity contribution >= 4 is 11.7 Å². The Morgan fingerprint density at radius 2 is 2.00 bits per heavy atom. The second-order valence-corrected chi connectivity index (χ2v) is 6.51. The van der Waals surface area contributed by atoms with Gasteiger partial charge < -0.3 is 5.32 Å². The van der Waals surface area contributed by atoms with E-state index >= 15 is 0 Å². The van der Waals surface area contributed by atoms with Crippen LogP contribution >= 0.6 is 0 Å². The number of hydrogen-bond acceptors (Lipinski definition) is 5. The molecule has 0 aliphatic carbocycles. The summed E-state index contributed by atoms with van der Waals surface area (Å²) in [4.78, 5) is 23.0. The topological polar surface area (TPSA) is 58.1 Å². The second-order valence-electron chi connectivity index (χ2n) is 6.51. The van der Waals surface area contributed by atoms with Gasteiger partial charge in [0.15, 0.2) is 5.78 Å². The second kappa shape index (κ2) is 8.04. The fourth-order valence-corrected chi connectivity index (χ4v) is 3.29. The Hall–Kier alpha value is -2.48. The summed E-state index contributed by atoms with van der Waals surface area (Å²) in [7, 11) is 0. The molecule has 1 saturated heterocycles. The van der Waals surface area contributed by atoms with Crippen molar-refractivity contribution in [3.8, 4) is 0 Å². The first kappa shape index (κ1) is 19.3. The van der Waals surface area contributed by atoms with Gasteiger partial charge in [-0.25, -0.2) is 9.97 Å². The molecule has 144 valence electrons. The molecule has 1 aromatic carbocycles. The molecule has 5 nitrogen and oxygen atoms in total. The maximum Gasteiger partial charge on any atom is 0.416 e. The number of benzene rings is 1. The number of aromatic nitrogens is 2. The number of likely N-dealkylation sites (tertiary alicyclic amines) is 1. The fraction of sp³-hybridized carbons (Fsp3) is 0.421. The van der Waals surface area contributed by atoms with Gasteiger partial charge in [-0.05, 0) is 38.1 Å². The Labute approximate surface area is 155 Å². The van der Waals surface area contributed by atoms with Crippen LogP contribution in [0.1, 0.15) is 41.3 Å². The van der Waals surface area contributed by atoms with Crippen LogP contribution in [0.25, 0.3) is 0 Å². The lowest BCUT2D eigenvalue weighted by molar-refractivity contribution is -0.137. The van der Waals surface area contributed by atoms with Crippen molar-refractivity contribution in [2.45, 2.75) is 32.0 Å². The van der Waals surface area contributed by atoms with E-state index in [0.29, 0.717) is 12.0 Å². The van der Waals surface area contributed by atoms with Crippen LogP contribution in [0.15, 0.2) is 36.7 Å². The summed E-state index contributed by atoms with van der Waals surface area (Å²) in [5.41, 5.74) is -0.751. The zero-order chi connectivity index (χ0) is 19.4. The maximum atomic E-state index is 12.8. The molecule has 2 heterocycles. The Morgan fingerprint density at radius 1 is 1.26 bits per heavy atom. The average Bonchev–Trinajstić information content (AvgIpc) is 3.13. The van der Waals surface area contributed by atoms with E-state index in [9.17, 15) is 18.0 Å². The molecule has 8 heteroatoms. The summed E-state index contributed by atoms with van der Waals surface area (Å²) in [6, 6.07) is 4.78. The third-order valence-corrected chi connectivity index (χ3v) is 4.77. The third kappa shape index (κ3) is 4.63. The van der Waals surface area contributed by atoms with Gasteiger partial charge in [-0.2, -0.15) is 13.2 Å². The molecule has 1 aliphatic rings. The number of rotatable bonds is 6. The molecule has 3 rings (SSSR count). The largest absolute Gasteiger partial charge is 0.416 e. The normalized spacial score (nSPS) is 17.9. The van der Waals surface area contributed by atoms with Gasteiger partial charge in [-0.3, -0.25) is 9.69 Å². The number of anilines is 1. The van der Waals surface area contributed by atoms with E-state index in [2.05, 4.69) is 27.1 Å². The van der Waals surface area contributed by atoms with Crippen LogP contribution in [0.3, 0.4) is 0 Å². The fourth-order valence-electron chi connectivity index (χ4n) is 3.29. The highest BCUT2D eigenvalue weighted by molar-refractivity contribution is 6.08. The van der Waals surface area contributed by atoms with Crippen LogP contribution in [0.2, 0.25) is 0 Å². The number of likely N-dealkylation sites (N-methyl/N-ethyl adjacent to an activating group) is 1. The van der Waals surface area contributed by atoms with Crippen LogP contribution in [-0.4, -0.2) is 46.3 Å². The third-order valence-electron chi connectivity index (χ3n) is 4.77. The molecule has 0 spiro atoms. The van der Waals surface area contributed by atoms with Crippen molar-refractivity contribution in [1.82, 2.24) is 14.9 Å². The summed E-state index contributed by atoms with van der Waals surface area (Å²) >= 11 is 0. The van der Waals surface area contributed by atoms with Crippen LogP contribution in [0, 0.1) is 0 Å². The van der Waals surface area contributed by atoms with Crippen molar-refractivity contribution in [2.24, 2.45) is 0 Å². The molecular weight excluding hydrogens is 357 g/mol. The Balaban J connectivity index is 1.65. The van der Waals surface area contributed by atoms with Gasteiger partial charge in [0.25, 0.3) is 0 Å². The lowest BCUT2D eigenvalue weighted by Gasteiger charge is -2.22. The van der Waals surface area contributed by atoms with Crippen molar-refractivity contribution < 1.29 is 18.0 Å². The Bertz CT molecular complexity index is 792. The Kier molecular flexibility index (Phi) is 5.74. The lowest BCUT2D eigenvalue weighted by atomic mass is 10.0. The van der Waals surface area contributed by atoms with Gasteiger partial charge in [0.1, 0.15) is 0 Å². The SMILES string of the molecule is CCN1CCCC1CNc1ncc(C(=O)c2cccc(C(F)(F)F)c2)cn1. The molecule has 1 unspecified atom stereocenters. The van der Waals surface area contributed by atoms with E-state index in [1.807, 2.05) is 0 Å². The van der Waals surface area contributed by atoms with Crippen LogP contribution in [-0.2, 0) is 6.18 Å². The van der Waals surface area contributed by atoms with Crippen molar-refractivity contribution in [2.75, 3.05) is 25.0 Å². The molecule has 1 fully saturated rings. The maximum absolute atomic E-state index is 12.8. The molecule has 0 amide bonds. The number of alkyl halides is 3. The number of carbonyl (C=O) groups is 1. The number of ketones is 1. The van der Waals surface area contributed by atoms with Crippen LogP contribution in [0.4, 0.5) is 19.1 Å². The number of halogens is 3. The van der Waals surface area contributed by atoms with Gasteiger partial charge in [0.2, 0.25) is 5.95 Å². The molecule has 1 aliphatic heterocycles. The van der Waals surface area contributed by atoms with Crippen molar-refractivity contribution in [1.29, 1.82) is 0 Å². The molecule has 0 saturated carbocycles. The van der Waals surface area contributed by atoms with Crippen LogP contribution in [0.5, 0.6) is 0 Å². The Morgan fingerprint density at radius 3 is 2.67 bits per heavy atom. The minimum Gasteiger partial charge on any atom is -0.353 e. The van der Waals surface area contributed by atoms with Gasteiger partial charge in [0.05, 0.1) is 11.1 Å². The van der Waals surface area contributed by atoms with E-state index in [1.54, 1.807) is 0 Å². The number of hydrogen-bond donors (Lipinski definition) is 1. The lowest BCUT2D eigenvalue weighted by Crippen LogP contribution is -2.34. The van der Waals surface area contributed by atoms with Gasteiger partial charge in [-0.15, -0.1) is 0 Å². The molecule has 1 aromatic heterocycles. The molecule has 2 aromatic rings. The summed E-state index contributed by atoms with van der Waals surface area (Å²) in [6.07, 6.45) is 0.472.